The number of nitrogens with zero attached hydrogens (tertiary/aromatic N) is 3. The molecule has 0 fully saturated rings. The second-order valence-corrected chi connectivity index (χ2v) is 11.3. The SMILES string of the molecule is CCSc1ncccc1C(=O)NCCCCC(NC(=O)c1cncs1)c1ncc(-c2ccc3ccccc3c2)[nH]1. The van der Waals surface area contributed by atoms with Gasteiger partial charge in [-0.2, -0.15) is 0 Å². The predicted molar refractivity (Wildman–Crippen MR) is 161 cm³/mol. The number of amides is 2. The van der Waals surface area contributed by atoms with Gasteiger partial charge in [-0.05, 0) is 54.0 Å². The van der Waals surface area contributed by atoms with E-state index in [0.717, 1.165) is 40.3 Å². The van der Waals surface area contributed by atoms with Crippen LogP contribution in [0.5, 0.6) is 0 Å². The van der Waals surface area contributed by atoms with Gasteiger partial charge in [-0.1, -0.05) is 43.3 Å². The van der Waals surface area contributed by atoms with E-state index in [4.69, 9.17) is 0 Å². The lowest BCUT2D eigenvalue weighted by Gasteiger charge is -2.16. The number of hydrogen-bond donors (Lipinski definition) is 3. The van der Waals surface area contributed by atoms with Crippen molar-refractivity contribution in [3.63, 3.8) is 0 Å². The van der Waals surface area contributed by atoms with Gasteiger partial charge in [-0.15, -0.1) is 23.1 Å². The van der Waals surface area contributed by atoms with Gasteiger partial charge in [0.15, 0.2) is 0 Å². The Morgan fingerprint density at radius 2 is 1.88 bits per heavy atom. The Morgan fingerprint density at radius 1 is 1.00 bits per heavy atom. The van der Waals surface area contributed by atoms with Crippen molar-refractivity contribution in [1.82, 2.24) is 30.6 Å². The molecule has 1 atom stereocenters. The van der Waals surface area contributed by atoms with Crippen LogP contribution in [-0.2, 0) is 0 Å². The van der Waals surface area contributed by atoms with E-state index in [9.17, 15) is 9.59 Å². The molecule has 8 nitrogen and oxygen atoms in total. The molecule has 10 heteroatoms. The zero-order valence-corrected chi connectivity index (χ0v) is 23.7. The quantitative estimate of drug-likeness (QED) is 0.120. The molecule has 2 aromatic carbocycles. The van der Waals surface area contributed by atoms with Crippen molar-refractivity contribution in [3.05, 3.63) is 95.0 Å². The average Bonchev–Trinajstić information content (AvgIpc) is 3.70. The molecule has 0 radical (unpaired) electrons. The molecule has 0 aliphatic carbocycles. The number of fused-ring (bicyclic) bond motifs is 1. The van der Waals surface area contributed by atoms with Gasteiger partial charge >= 0.3 is 0 Å². The molecule has 204 valence electrons. The summed E-state index contributed by atoms with van der Waals surface area (Å²) in [6.45, 7) is 2.56. The minimum Gasteiger partial charge on any atom is -0.352 e. The van der Waals surface area contributed by atoms with Crippen LogP contribution in [0.4, 0.5) is 0 Å². The first kappa shape index (κ1) is 27.5. The molecule has 0 aliphatic heterocycles. The summed E-state index contributed by atoms with van der Waals surface area (Å²) in [6, 6.07) is 17.8. The smallest absolute Gasteiger partial charge is 0.263 e. The Kier molecular flexibility index (Phi) is 9.20. The number of carbonyl (C=O) groups excluding carboxylic acids is 2. The lowest BCUT2D eigenvalue weighted by atomic mass is 10.1. The van der Waals surface area contributed by atoms with E-state index in [0.29, 0.717) is 29.2 Å². The number of aromatic amines is 1. The Balaban J connectivity index is 1.23. The number of nitrogens with one attached hydrogen (secondary N) is 3. The van der Waals surface area contributed by atoms with Crippen molar-refractivity contribution in [1.29, 1.82) is 0 Å². The van der Waals surface area contributed by atoms with Crippen LogP contribution < -0.4 is 10.6 Å². The lowest BCUT2D eigenvalue weighted by Crippen LogP contribution is -2.29. The monoisotopic (exact) mass is 570 g/mol. The Hall–Kier alpha value is -4.02. The van der Waals surface area contributed by atoms with Crippen molar-refractivity contribution in [2.24, 2.45) is 0 Å². The second kappa shape index (κ2) is 13.4. The number of benzene rings is 2. The third-order valence-electron chi connectivity index (χ3n) is 6.45. The largest absolute Gasteiger partial charge is 0.352 e. The summed E-state index contributed by atoms with van der Waals surface area (Å²) >= 11 is 2.86. The Labute approximate surface area is 241 Å². The highest BCUT2D eigenvalue weighted by molar-refractivity contribution is 7.99. The molecule has 0 spiro atoms. The fraction of sp³-hybridized carbons (Fsp3) is 0.233. The maximum atomic E-state index is 12.9. The fourth-order valence-corrected chi connectivity index (χ4v) is 5.69. The number of carbonyl (C=O) groups is 2. The van der Waals surface area contributed by atoms with Gasteiger partial charge in [-0.3, -0.25) is 14.6 Å². The van der Waals surface area contributed by atoms with E-state index in [2.05, 4.69) is 60.9 Å². The minimum atomic E-state index is -0.314. The fourth-order valence-electron chi connectivity index (χ4n) is 4.44. The summed E-state index contributed by atoms with van der Waals surface area (Å²) in [4.78, 5) is 42.6. The van der Waals surface area contributed by atoms with Crippen LogP contribution in [-0.4, -0.2) is 44.0 Å². The summed E-state index contributed by atoms with van der Waals surface area (Å²) in [5.74, 6) is 1.25. The molecular formula is C30H30N6O2S2. The highest BCUT2D eigenvalue weighted by Crippen LogP contribution is 2.26. The molecule has 3 heterocycles. The first-order valence-corrected chi connectivity index (χ1v) is 15.1. The zero-order valence-electron chi connectivity index (χ0n) is 22.1. The highest BCUT2D eigenvalue weighted by Gasteiger charge is 2.20. The van der Waals surface area contributed by atoms with E-state index >= 15 is 0 Å². The number of thioether (sulfide) groups is 1. The van der Waals surface area contributed by atoms with Crippen molar-refractivity contribution < 1.29 is 9.59 Å². The summed E-state index contributed by atoms with van der Waals surface area (Å²) in [6.07, 6.45) is 7.28. The molecule has 40 heavy (non-hydrogen) atoms. The summed E-state index contributed by atoms with van der Waals surface area (Å²) in [5, 5.41) is 9.20. The first-order chi connectivity index (χ1) is 19.6. The van der Waals surface area contributed by atoms with Gasteiger partial charge in [0.25, 0.3) is 11.8 Å². The molecule has 2 amide bonds. The summed E-state index contributed by atoms with van der Waals surface area (Å²) in [7, 11) is 0. The molecule has 3 N–H and O–H groups in total. The van der Waals surface area contributed by atoms with E-state index < -0.39 is 0 Å². The molecular weight excluding hydrogens is 541 g/mol. The first-order valence-electron chi connectivity index (χ1n) is 13.2. The lowest BCUT2D eigenvalue weighted by molar-refractivity contribution is 0.0935. The van der Waals surface area contributed by atoms with Gasteiger partial charge in [0.05, 0.1) is 35.2 Å². The van der Waals surface area contributed by atoms with E-state index in [-0.39, 0.29) is 17.9 Å². The Bertz CT molecular complexity index is 1580. The molecule has 5 aromatic rings. The van der Waals surface area contributed by atoms with Gasteiger partial charge in [0, 0.05) is 18.3 Å². The number of thiazole rings is 1. The second-order valence-electron chi connectivity index (χ2n) is 9.18. The third-order valence-corrected chi connectivity index (χ3v) is 8.11. The number of unbranched alkanes of at least 4 members (excludes halogenated alkanes) is 1. The van der Waals surface area contributed by atoms with Crippen LogP contribution in [0.25, 0.3) is 22.0 Å². The molecule has 5 rings (SSSR count). The third kappa shape index (κ3) is 6.75. The number of rotatable bonds is 12. The molecule has 3 aromatic heterocycles. The topological polar surface area (TPSA) is 113 Å². The molecule has 0 bridgehead atoms. The normalized spacial score (nSPS) is 11.8. The maximum absolute atomic E-state index is 12.9. The van der Waals surface area contributed by atoms with Gasteiger partial charge in [0.1, 0.15) is 15.7 Å². The number of aromatic nitrogens is 4. The molecule has 0 saturated carbocycles. The van der Waals surface area contributed by atoms with Gasteiger partial charge < -0.3 is 15.6 Å². The van der Waals surface area contributed by atoms with Crippen LogP contribution in [0.1, 0.15) is 58.1 Å². The highest BCUT2D eigenvalue weighted by atomic mass is 32.2. The van der Waals surface area contributed by atoms with Crippen molar-refractivity contribution in [2.45, 2.75) is 37.3 Å². The van der Waals surface area contributed by atoms with Crippen LogP contribution in [0.15, 0.2) is 83.7 Å². The molecule has 0 saturated heterocycles. The standard InChI is InChI=1S/C30H30N6O2S2/c1-2-39-30-23(10-7-15-33-30)28(37)32-14-6-5-11-24(36-29(38)26-18-31-19-40-26)27-34-17-25(35-27)22-13-12-20-8-3-4-9-21(20)16-22/h3-4,7-10,12-13,15-19,24H,2,5-6,11,14H2,1H3,(H,32,37)(H,34,35)(H,36,38). The van der Waals surface area contributed by atoms with E-state index in [1.165, 1.54) is 16.7 Å². The minimum absolute atomic E-state index is 0.120. The number of pyridine rings is 1. The van der Waals surface area contributed by atoms with E-state index in [1.54, 1.807) is 41.8 Å². The number of hydrogen-bond acceptors (Lipinski definition) is 7. The van der Waals surface area contributed by atoms with Gasteiger partial charge in [0.2, 0.25) is 0 Å². The summed E-state index contributed by atoms with van der Waals surface area (Å²) < 4.78 is 0. The maximum Gasteiger partial charge on any atom is 0.263 e. The van der Waals surface area contributed by atoms with Crippen LogP contribution >= 0.6 is 23.1 Å². The van der Waals surface area contributed by atoms with Crippen LogP contribution in [0.3, 0.4) is 0 Å². The van der Waals surface area contributed by atoms with Gasteiger partial charge in [-0.25, -0.2) is 9.97 Å². The predicted octanol–water partition coefficient (Wildman–Crippen LogP) is 6.26. The molecule has 0 aliphatic rings. The van der Waals surface area contributed by atoms with Crippen molar-refractivity contribution in [2.75, 3.05) is 12.3 Å². The number of H-pyrrole nitrogens is 1. The number of imidazole rings is 1. The van der Waals surface area contributed by atoms with E-state index in [1.807, 2.05) is 25.3 Å². The zero-order chi connectivity index (χ0) is 27.7. The average molecular weight is 571 g/mol. The van der Waals surface area contributed by atoms with Crippen LogP contribution in [0.2, 0.25) is 0 Å². The van der Waals surface area contributed by atoms with Crippen LogP contribution in [0, 0.1) is 0 Å². The summed E-state index contributed by atoms with van der Waals surface area (Å²) in [5.41, 5.74) is 4.16. The van der Waals surface area contributed by atoms with Crippen molar-refractivity contribution in [3.8, 4) is 11.3 Å². The Morgan fingerprint density at radius 3 is 2.70 bits per heavy atom. The van der Waals surface area contributed by atoms with Crippen molar-refractivity contribution >= 4 is 45.7 Å². The molecule has 1 unspecified atom stereocenters.